The van der Waals surface area contributed by atoms with Crippen LogP contribution in [-0.4, -0.2) is 64.9 Å². The summed E-state index contributed by atoms with van der Waals surface area (Å²) in [6.45, 7) is 10.8. The Morgan fingerprint density at radius 2 is 1.56 bits per heavy atom. The van der Waals surface area contributed by atoms with Gasteiger partial charge in [0.2, 0.25) is 0 Å². The highest BCUT2D eigenvalue weighted by atomic mass is 28.3. The van der Waals surface area contributed by atoms with E-state index in [9.17, 15) is 9.90 Å². The summed E-state index contributed by atoms with van der Waals surface area (Å²) >= 11 is 0. The molecule has 256 valence electrons. The van der Waals surface area contributed by atoms with Crippen molar-refractivity contribution < 1.29 is 33.6 Å². The van der Waals surface area contributed by atoms with Gasteiger partial charge in [-0.3, -0.25) is 0 Å². The number of ether oxygens (including phenoxy) is 5. The maximum absolute atomic E-state index is 11.7. The molecule has 0 radical (unpaired) electrons. The lowest BCUT2D eigenvalue weighted by Crippen LogP contribution is -2.51. The van der Waals surface area contributed by atoms with Gasteiger partial charge in [0, 0.05) is 40.1 Å². The molecule has 4 aromatic rings. The van der Waals surface area contributed by atoms with E-state index in [1.807, 2.05) is 48.5 Å². The van der Waals surface area contributed by atoms with Crippen molar-refractivity contribution in [2.45, 2.75) is 63.8 Å². The Morgan fingerprint density at radius 1 is 0.792 bits per heavy atom. The minimum atomic E-state index is -1.17. The summed E-state index contributed by atoms with van der Waals surface area (Å²) in [7, 11) is -1.14. The molecule has 1 aliphatic rings. The Labute approximate surface area is 285 Å². The molecule has 1 amide bonds. The van der Waals surface area contributed by atoms with Crippen molar-refractivity contribution in [3.63, 3.8) is 0 Å². The van der Waals surface area contributed by atoms with E-state index in [-0.39, 0.29) is 25.4 Å². The molecule has 2 unspecified atom stereocenters. The van der Waals surface area contributed by atoms with Crippen LogP contribution in [0.25, 0.3) is 10.8 Å². The van der Waals surface area contributed by atoms with Gasteiger partial charge in [0.05, 0.1) is 32.5 Å². The Balaban J connectivity index is 1.13. The Morgan fingerprint density at radius 3 is 2.33 bits per heavy atom. The van der Waals surface area contributed by atoms with Crippen LogP contribution in [0.15, 0.2) is 91.0 Å². The lowest BCUT2D eigenvalue weighted by atomic mass is 9.87. The maximum atomic E-state index is 11.7. The fourth-order valence-electron chi connectivity index (χ4n) is 5.76. The number of carbonyl (C=O) groups excluding carboxylic acids is 1. The SMILES string of the molecule is C[Si](C)(C)CCOCOc1ccc2ccc(COC3CN(C(=O)[O-])CCC3c3ccc(OCCCOCc4ccccc4)cc3)cc2c1. The van der Waals surface area contributed by atoms with E-state index in [0.29, 0.717) is 46.0 Å². The zero-order chi connectivity index (χ0) is 33.8. The molecule has 0 N–H and O–H groups in total. The van der Waals surface area contributed by atoms with E-state index in [2.05, 4.69) is 62.1 Å². The van der Waals surface area contributed by atoms with Crippen molar-refractivity contribution in [3.8, 4) is 11.5 Å². The van der Waals surface area contributed by atoms with Crippen molar-refractivity contribution in [1.82, 2.24) is 4.90 Å². The molecule has 0 saturated carbocycles. The number of rotatable bonds is 17. The molecule has 0 bridgehead atoms. The topological polar surface area (TPSA) is 89.5 Å². The van der Waals surface area contributed by atoms with E-state index >= 15 is 0 Å². The monoisotopic (exact) mass is 670 g/mol. The molecule has 1 heterocycles. The van der Waals surface area contributed by atoms with Gasteiger partial charge in [0.15, 0.2) is 6.79 Å². The quantitative estimate of drug-likeness (QED) is 0.0665. The lowest BCUT2D eigenvalue weighted by Gasteiger charge is -2.40. The summed E-state index contributed by atoms with van der Waals surface area (Å²) < 4.78 is 29.7. The van der Waals surface area contributed by atoms with E-state index in [1.54, 1.807) is 0 Å². The number of fused-ring (bicyclic) bond motifs is 1. The van der Waals surface area contributed by atoms with Crippen molar-refractivity contribution >= 4 is 24.9 Å². The fraction of sp³-hybridized carbons (Fsp3) is 0.410. The highest BCUT2D eigenvalue weighted by molar-refractivity contribution is 6.76. The van der Waals surface area contributed by atoms with E-state index < -0.39 is 14.2 Å². The third-order valence-corrected chi connectivity index (χ3v) is 10.3. The molecule has 1 fully saturated rings. The molecule has 0 spiro atoms. The number of hydrogen-bond donors (Lipinski definition) is 0. The molecule has 4 aromatic carbocycles. The van der Waals surface area contributed by atoms with Gasteiger partial charge >= 0.3 is 0 Å². The van der Waals surface area contributed by atoms with E-state index in [1.165, 1.54) is 4.90 Å². The summed E-state index contributed by atoms with van der Waals surface area (Å²) in [5.74, 6) is 1.60. The van der Waals surface area contributed by atoms with Gasteiger partial charge in [0.1, 0.15) is 17.6 Å². The number of benzene rings is 4. The smallest absolute Gasteiger partial charge is 0.189 e. The van der Waals surface area contributed by atoms with Crippen LogP contribution in [0.2, 0.25) is 25.7 Å². The summed E-state index contributed by atoms with van der Waals surface area (Å²) in [5, 5.41) is 13.9. The summed E-state index contributed by atoms with van der Waals surface area (Å²) in [6, 6.07) is 31.5. The predicted octanol–water partition coefficient (Wildman–Crippen LogP) is 7.23. The Hall–Kier alpha value is -3.89. The second kappa shape index (κ2) is 17.5. The van der Waals surface area contributed by atoms with Crippen LogP contribution in [0.3, 0.4) is 0 Å². The highest BCUT2D eigenvalue weighted by Gasteiger charge is 2.31. The molecule has 0 aliphatic carbocycles. The molecule has 1 aliphatic heterocycles. The summed E-state index contributed by atoms with van der Waals surface area (Å²) in [5.41, 5.74) is 3.27. The van der Waals surface area contributed by atoms with Crippen LogP contribution in [0, 0.1) is 0 Å². The predicted molar refractivity (Wildman–Crippen MR) is 189 cm³/mol. The second-order valence-electron chi connectivity index (χ2n) is 13.6. The van der Waals surface area contributed by atoms with Gasteiger partial charge in [-0.05, 0) is 70.3 Å². The van der Waals surface area contributed by atoms with Crippen LogP contribution in [0.1, 0.15) is 35.4 Å². The van der Waals surface area contributed by atoms with Crippen LogP contribution in [0.4, 0.5) is 4.79 Å². The Kier molecular flexibility index (Phi) is 12.9. The zero-order valence-corrected chi connectivity index (χ0v) is 29.4. The van der Waals surface area contributed by atoms with Crippen LogP contribution in [-0.2, 0) is 27.4 Å². The normalized spacial score (nSPS) is 16.6. The molecule has 8 nitrogen and oxygen atoms in total. The minimum absolute atomic E-state index is 0.0439. The van der Waals surface area contributed by atoms with Crippen molar-refractivity contribution in [3.05, 3.63) is 108 Å². The number of amides is 1. The van der Waals surface area contributed by atoms with Gasteiger partial charge in [-0.2, -0.15) is 0 Å². The molecule has 9 heteroatoms. The summed E-state index contributed by atoms with van der Waals surface area (Å²) in [6.07, 6.45) is -0.0384. The molecule has 48 heavy (non-hydrogen) atoms. The van der Waals surface area contributed by atoms with Gasteiger partial charge in [-0.1, -0.05) is 80.3 Å². The minimum Gasteiger partial charge on any atom is -0.530 e. The number of carbonyl (C=O) groups is 1. The lowest BCUT2D eigenvalue weighted by molar-refractivity contribution is -0.268. The first kappa shape index (κ1) is 35.4. The molecular formula is C39H48NO7Si-. The van der Waals surface area contributed by atoms with Crippen LogP contribution in [0.5, 0.6) is 11.5 Å². The first-order valence-electron chi connectivity index (χ1n) is 16.9. The second-order valence-corrected chi connectivity index (χ2v) is 19.2. The number of piperidine rings is 1. The maximum Gasteiger partial charge on any atom is 0.189 e. The average Bonchev–Trinajstić information content (AvgIpc) is 3.08. The largest absolute Gasteiger partial charge is 0.530 e. The number of likely N-dealkylation sites (tertiary alicyclic amines) is 1. The zero-order valence-electron chi connectivity index (χ0n) is 28.4. The molecule has 1 saturated heterocycles. The van der Waals surface area contributed by atoms with Gasteiger partial charge in [0.25, 0.3) is 0 Å². The van der Waals surface area contributed by atoms with Crippen LogP contribution >= 0.6 is 0 Å². The number of carboxylic acid groups (broad SMARTS) is 1. The van der Waals surface area contributed by atoms with Gasteiger partial charge < -0.3 is 38.5 Å². The third kappa shape index (κ3) is 11.1. The first-order valence-corrected chi connectivity index (χ1v) is 20.6. The highest BCUT2D eigenvalue weighted by Crippen LogP contribution is 2.32. The first-order chi connectivity index (χ1) is 23.2. The molecule has 2 atom stereocenters. The number of hydrogen-bond acceptors (Lipinski definition) is 7. The van der Waals surface area contributed by atoms with E-state index in [0.717, 1.165) is 51.4 Å². The third-order valence-electron chi connectivity index (χ3n) is 8.58. The standard InChI is InChI=1S/C39H49NO7Si/c1-48(2,3)23-22-44-29-47-36-17-12-32-11-10-31(24-34(32)25-36)28-46-38-26-40(39(41)42)19-18-37(38)33-13-15-35(16-14-33)45-21-7-20-43-27-30-8-5-4-6-9-30/h4-6,8-17,24-25,37-38H,7,18-23,26-29H2,1-3H3,(H,41,42)/p-1. The van der Waals surface area contributed by atoms with Gasteiger partial charge in [-0.25, -0.2) is 0 Å². The average molecular weight is 671 g/mol. The van der Waals surface area contributed by atoms with Crippen molar-refractivity contribution in [2.24, 2.45) is 0 Å². The molecule has 0 aromatic heterocycles. The fourth-order valence-corrected chi connectivity index (χ4v) is 6.52. The van der Waals surface area contributed by atoms with Crippen molar-refractivity contribution in [2.75, 3.05) is 39.7 Å². The Bertz CT molecular complexity index is 1580. The summed E-state index contributed by atoms with van der Waals surface area (Å²) in [4.78, 5) is 13.1. The van der Waals surface area contributed by atoms with Crippen LogP contribution < -0.4 is 14.6 Å². The van der Waals surface area contributed by atoms with Crippen molar-refractivity contribution in [1.29, 1.82) is 0 Å². The van der Waals surface area contributed by atoms with Gasteiger partial charge in [-0.15, -0.1) is 0 Å². The van der Waals surface area contributed by atoms with E-state index in [4.69, 9.17) is 23.7 Å². The molecular weight excluding hydrogens is 623 g/mol. The molecule has 5 rings (SSSR count). The number of nitrogens with zero attached hydrogens (tertiary/aromatic N) is 1.